The topological polar surface area (TPSA) is 69.1 Å². The van der Waals surface area contributed by atoms with Gasteiger partial charge in [0.2, 0.25) is 0 Å². The van der Waals surface area contributed by atoms with Crippen LogP contribution < -0.4 is 5.73 Å². The van der Waals surface area contributed by atoms with Crippen LogP contribution in [0.15, 0.2) is 27.8 Å². The first-order chi connectivity index (χ1) is 8.74. The van der Waals surface area contributed by atoms with Crippen LogP contribution in [0.5, 0.6) is 0 Å². The van der Waals surface area contributed by atoms with E-state index >= 15 is 0 Å². The van der Waals surface area contributed by atoms with Gasteiger partial charge in [0.1, 0.15) is 16.3 Å². The maximum absolute atomic E-state index is 12.4. The zero-order valence-electron chi connectivity index (χ0n) is 10.1. The summed E-state index contributed by atoms with van der Waals surface area (Å²) in [5, 5.41) is 0.548. The fourth-order valence-electron chi connectivity index (χ4n) is 2.43. The molecule has 0 radical (unpaired) electrons. The van der Waals surface area contributed by atoms with Gasteiger partial charge in [0, 0.05) is 10.9 Å². The second-order valence-electron chi connectivity index (χ2n) is 4.76. The molecule has 1 aliphatic carbocycles. The van der Waals surface area contributed by atoms with Gasteiger partial charge in [-0.25, -0.2) is 9.19 Å². The number of aromatic nitrogens is 1. The number of hydrogen-bond acceptors (Lipinski definition) is 4. The molecule has 1 fully saturated rings. The molecular weight excluding hydrogens is 248 g/mol. The van der Waals surface area contributed by atoms with E-state index in [1.807, 2.05) is 0 Å². The predicted octanol–water partition coefficient (Wildman–Crippen LogP) is 2.85. The summed E-state index contributed by atoms with van der Waals surface area (Å²) in [6.45, 7) is 0. The summed E-state index contributed by atoms with van der Waals surface area (Å²) < 4.78 is 17.9. The number of benzene rings is 1. The Morgan fingerprint density at radius 3 is 2.83 bits per heavy atom. The molecule has 1 aromatic heterocycles. The molecule has 1 aliphatic rings. The van der Waals surface area contributed by atoms with Gasteiger partial charge in [0.25, 0.3) is 5.22 Å². The van der Waals surface area contributed by atoms with Crippen LogP contribution in [0.4, 0.5) is 5.69 Å². The van der Waals surface area contributed by atoms with Crippen LogP contribution in [-0.4, -0.2) is 14.4 Å². The minimum atomic E-state index is -1.13. The van der Waals surface area contributed by atoms with Gasteiger partial charge >= 0.3 is 0 Å². The highest BCUT2D eigenvalue weighted by Crippen LogP contribution is 2.27. The van der Waals surface area contributed by atoms with E-state index in [9.17, 15) is 4.21 Å². The molecule has 2 N–H and O–H groups in total. The number of oxazole rings is 1. The lowest BCUT2D eigenvalue weighted by molar-refractivity contribution is 0.459. The lowest BCUT2D eigenvalue weighted by Gasteiger charge is -2.18. The third-order valence-corrected chi connectivity index (χ3v) is 5.01. The molecule has 2 aromatic rings. The van der Waals surface area contributed by atoms with Crippen molar-refractivity contribution in [1.29, 1.82) is 0 Å². The number of rotatable bonds is 2. The van der Waals surface area contributed by atoms with Crippen molar-refractivity contribution in [3.8, 4) is 0 Å². The predicted molar refractivity (Wildman–Crippen MR) is 71.7 cm³/mol. The Bertz CT molecular complexity index is 588. The molecule has 18 heavy (non-hydrogen) atoms. The van der Waals surface area contributed by atoms with Crippen molar-refractivity contribution in [2.24, 2.45) is 0 Å². The lowest BCUT2D eigenvalue weighted by atomic mass is 10.0. The SMILES string of the molecule is Nc1ccc2oc(S(=O)C3CCCCC3)nc2c1. The number of hydrogen-bond donors (Lipinski definition) is 1. The van der Waals surface area contributed by atoms with Gasteiger partial charge in [-0.15, -0.1) is 0 Å². The van der Waals surface area contributed by atoms with Gasteiger partial charge < -0.3 is 10.2 Å². The maximum Gasteiger partial charge on any atom is 0.288 e. The zero-order chi connectivity index (χ0) is 12.5. The summed E-state index contributed by atoms with van der Waals surface area (Å²) in [6, 6.07) is 5.29. The quantitative estimate of drug-likeness (QED) is 0.847. The van der Waals surface area contributed by atoms with Crippen LogP contribution in [-0.2, 0) is 10.8 Å². The van der Waals surface area contributed by atoms with E-state index in [2.05, 4.69) is 4.98 Å². The molecular formula is C13H16N2O2S. The van der Waals surface area contributed by atoms with Gasteiger partial charge in [-0.2, -0.15) is 0 Å². The molecule has 1 unspecified atom stereocenters. The van der Waals surface area contributed by atoms with Crippen molar-refractivity contribution in [2.45, 2.75) is 42.6 Å². The molecule has 1 atom stereocenters. The minimum Gasteiger partial charge on any atom is -0.430 e. The van der Waals surface area contributed by atoms with E-state index < -0.39 is 10.8 Å². The van der Waals surface area contributed by atoms with Crippen molar-refractivity contribution in [3.63, 3.8) is 0 Å². The molecule has 4 nitrogen and oxygen atoms in total. The molecule has 0 saturated heterocycles. The Hall–Kier alpha value is -1.36. The highest BCUT2D eigenvalue weighted by atomic mass is 32.2. The third kappa shape index (κ3) is 2.14. The molecule has 0 bridgehead atoms. The number of anilines is 1. The van der Waals surface area contributed by atoms with Crippen LogP contribution in [0.3, 0.4) is 0 Å². The molecule has 1 heterocycles. The molecule has 0 aliphatic heterocycles. The Morgan fingerprint density at radius 2 is 2.06 bits per heavy atom. The van der Waals surface area contributed by atoms with Gasteiger partial charge in [-0.1, -0.05) is 19.3 Å². The van der Waals surface area contributed by atoms with E-state index in [4.69, 9.17) is 10.2 Å². The van der Waals surface area contributed by atoms with Crippen LogP contribution in [0.25, 0.3) is 11.1 Å². The molecule has 0 amide bonds. The molecule has 1 aromatic carbocycles. The molecule has 96 valence electrons. The first-order valence-electron chi connectivity index (χ1n) is 6.31. The first kappa shape index (κ1) is 11.7. The van der Waals surface area contributed by atoms with Crippen LogP contribution in [0.2, 0.25) is 0 Å². The van der Waals surface area contributed by atoms with Gasteiger partial charge in [0.05, 0.1) is 0 Å². The number of nitrogen functional groups attached to an aromatic ring is 1. The van der Waals surface area contributed by atoms with Gasteiger partial charge in [-0.3, -0.25) is 0 Å². The van der Waals surface area contributed by atoms with Gasteiger partial charge in [-0.05, 0) is 31.0 Å². The normalized spacial score (nSPS) is 19.1. The van der Waals surface area contributed by atoms with Crippen molar-refractivity contribution < 1.29 is 8.63 Å². The Balaban J connectivity index is 1.91. The number of fused-ring (bicyclic) bond motifs is 1. The van der Waals surface area contributed by atoms with E-state index in [1.54, 1.807) is 18.2 Å². The molecule has 5 heteroatoms. The van der Waals surface area contributed by atoms with E-state index in [0.29, 0.717) is 22.0 Å². The Labute approximate surface area is 108 Å². The highest BCUT2D eigenvalue weighted by molar-refractivity contribution is 7.85. The standard InChI is InChI=1S/C13H16N2O2S/c14-9-6-7-12-11(8-9)15-13(17-12)18(16)10-4-2-1-3-5-10/h6-8,10H,1-5,14H2. The summed E-state index contributed by atoms with van der Waals surface area (Å²) in [5.74, 6) is 0. The first-order valence-corrected chi connectivity index (χ1v) is 7.52. The average Bonchev–Trinajstić information content (AvgIpc) is 2.81. The highest BCUT2D eigenvalue weighted by Gasteiger charge is 2.24. The number of nitrogens with zero attached hydrogens (tertiary/aromatic N) is 1. The second-order valence-corrected chi connectivity index (χ2v) is 6.38. The van der Waals surface area contributed by atoms with E-state index in [0.717, 1.165) is 25.7 Å². The fourth-order valence-corrected chi connectivity index (χ4v) is 3.84. The van der Waals surface area contributed by atoms with Crippen molar-refractivity contribution in [1.82, 2.24) is 4.98 Å². The monoisotopic (exact) mass is 264 g/mol. The maximum atomic E-state index is 12.4. The zero-order valence-corrected chi connectivity index (χ0v) is 10.9. The summed E-state index contributed by atoms with van der Waals surface area (Å²) in [5.41, 5.74) is 7.68. The summed E-state index contributed by atoms with van der Waals surface area (Å²) in [4.78, 5) is 4.30. The van der Waals surface area contributed by atoms with Crippen LogP contribution in [0.1, 0.15) is 32.1 Å². The van der Waals surface area contributed by atoms with Crippen molar-refractivity contribution in [2.75, 3.05) is 5.73 Å². The number of nitrogens with two attached hydrogens (primary N) is 1. The molecule has 3 rings (SSSR count). The second kappa shape index (κ2) is 4.72. The fraction of sp³-hybridized carbons (Fsp3) is 0.462. The lowest BCUT2D eigenvalue weighted by Crippen LogP contribution is -2.18. The van der Waals surface area contributed by atoms with Crippen LogP contribution in [0, 0.1) is 0 Å². The van der Waals surface area contributed by atoms with Crippen LogP contribution >= 0.6 is 0 Å². The van der Waals surface area contributed by atoms with E-state index in [-0.39, 0.29) is 5.25 Å². The summed E-state index contributed by atoms with van der Waals surface area (Å²) in [7, 11) is -1.13. The largest absolute Gasteiger partial charge is 0.430 e. The van der Waals surface area contributed by atoms with E-state index in [1.165, 1.54) is 6.42 Å². The average molecular weight is 264 g/mol. The van der Waals surface area contributed by atoms with Crippen molar-refractivity contribution in [3.05, 3.63) is 18.2 Å². The van der Waals surface area contributed by atoms with Gasteiger partial charge in [0.15, 0.2) is 5.58 Å². The Morgan fingerprint density at radius 1 is 1.28 bits per heavy atom. The summed E-state index contributed by atoms with van der Waals surface area (Å²) >= 11 is 0. The smallest absolute Gasteiger partial charge is 0.288 e. The minimum absolute atomic E-state index is 0.198. The summed E-state index contributed by atoms with van der Waals surface area (Å²) in [6.07, 6.45) is 5.58. The third-order valence-electron chi connectivity index (χ3n) is 3.42. The molecule has 1 saturated carbocycles. The Kier molecular flexibility index (Phi) is 3.07. The molecule has 0 spiro atoms. The van der Waals surface area contributed by atoms with Crippen molar-refractivity contribution >= 4 is 27.6 Å².